The maximum atomic E-state index is 13.0. The quantitative estimate of drug-likeness (QED) is 0.0222. The number of unbranched alkanes of at least 4 members (excludes halogenated alkanes) is 33. The van der Waals surface area contributed by atoms with Crippen molar-refractivity contribution < 1.29 is 80.2 Å². The van der Waals surface area contributed by atoms with Gasteiger partial charge in [0.2, 0.25) is 0 Å². The van der Waals surface area contributed by atoms with Crippen molar-refractivity contribution >= 4 is 39.5 Å². The van der Waals surface area contributed by atoms with E-state index in [4.69, 9.17) is 37.0 Å². The fourth-order valence-electron chi connectivity index (χ4n) is 9.68. The van der Waals surface area contributed by atoms with Crippen LogP contribution in [0.3, 0.4) is 0 Å². The molecule has 3 N–H and O–H groups in total. The normalized spacial score (nSPS) is 14.6. The standard InChI is InChI=1S/C65H126O17P2/c1-7-10-12-14-16-18-20-22-24-26-28-37-43-49-64(69)81-60(53-75-62(67)47-41-35-27-25-23-21-19-17-15-13-11-8-2)55-79-83(71,72)77-51-59(66)52-78-84(73,74)80-56-61(54-76-63(68)48-42-36-31-29-33-39-45-57(4)5)82-65(70)50-44-38-32-30-34-40-46-58(6)9-3/h57-61,66H,7-56H2,1-6H3,(H,71,72)(H,73,74)/t58?,59-,60-,61-/m1/s1. The average Bonchev–Trinajstić information content (AvgIpc) is 3.65. The number of phosphoric ester groups is 2. The van der Waals surface area contributed by atoms with Gasteiger partial charge >= 0.3 is 39.5 Å². The molecule has 17 nitrogen and oxygen atoms in total. The Balaban J connectivity index is 5.25. The monoisotopic (exact) mass is 1240 g/mol. The number of ether oxygens (including phenoxy) is 4. The second-order valence-corrected chi connectivity index (χ2v) is 27.1. The molecule has 6 atom stereocenters. The fourth-order valence-corrected chi connectivity index (χ4v) is 11.3. The van der Waals surface area contributed by atoms with Crippen LogP contribution in [-0.4, -0.2) is 96.7 Å². The van der Waals surface area contributed by atoms with Gasteiger partial charge in [0.05, 0.1) is 26.4 Å². The summed E-state index contributed by atoms with van der Waals surface area (Å²) in [4.78, 5) is 72.2. The third-order valence-electron chi connectivity index (χ3n) is 15.3. The highest BCUT2D eigenvalue weighted by molar-refractivity contribution is 7.47. The highest BCUT2D eigenvalue weighted by Gasteiger charge is 2.30. The lowest BCUT2D eigenvalue weighted by atomic mass is 10.00. The predicted octanol–water partition coefficient (Wildman–Crippen LogP) is 18.0. The maximum Gasteiger partial charge on any atom is 0.472 e. The van der Waals surface area contributed by atoms with E-state index in [2.05, 4.69) is 41.5 Å². The number of aliphatic hydroxyl groups excluding tert-OH is 1. The van der Waals surface area contributed by atoms with Gasteiger partial charge in [-0.15, -0.1) is 0 Å². The van der Waals surface area contributed by atoms with Crippen molar-refractivity contribution in [3.8, 4) is 0 Å². The van der Waals surface area contributed by atoms with E-state index in [1.807, 2.05) is 0 Å². The van der Waals surface area contributed by atoms with Crippen LogP contribution >= 0.6 is 15.6 Å². The van der Waals surface area contributed by atoms with Crippen LogP contribution in [-0.2, 0) is 65.4 Å². The van der Waals surface area contributed by atoms with E-state index in [1.165, 1.54) is 135 Å². The van der Waals surface area contributed by atoms with Gasteiger partial charge in [-0.05, 0) is 37.5 Å². The van der Waals surface area contributed by atoms with Crippen molar-refractivity contribution in [3.05, 3.63) is 0 Å². The third-order valence-corrected chi connectivity index (χ3v) is 17.2. The molecule has 0 heterocycles. The number of aliphatic hydroxyl groups is 1. The van der Waals surface area contributed by atoms with E-state index in [0.29, 0.717) is 31.6 Å². The maximum absolute atomic E-state index is 13.0. The molecule has 0 fully saturated rings. The van der Waals surface area contributed by atoms with Crippen molar-refractivity contribution in [3.63, 3.8) is 0 Å². The predicted molar refractivity (Wildman–Crippen MR) is 335 cm³/mol. The number of hydrogen-bond donors (Lipinski definition) is 3. The highest BCUT2D eigenvalue weighted by Crippen LogP contribution is 2.45. The molecule has 0 aliphatic carbocycles. The number of carbonyl (C=O) groups is 4. The number of esters is 4. The Morgan fingerprint density at radius 1 is 0.345 bits per heavy atom. The SMILES string of the molecule is CCCCCCCCCCCCCCCC(=O)O[C@H](COC(=O)CCCCCCCCCCCCCC)COP(=O)(O)OC[C@@H](O)COP(=O)(O)OC[C@@H](COC(=O)CCCCCCCCC(C)C)OC(=O)CCCCCCCCC(C)CC. The van der Waals surface area contributed by atoms with Gasteiger partial charge < -0.3 is 33.8 Å². The van der Waals surface area contributed by atoms with Crippen LogP contribution in [0.25, 0.3) is 0 Å². The Bertz CT molecular complexity index is 1650. The Morgan fingerprint density at radius 2 is 0.607 bits per heavy atom. The molecule has 0 saturated heterocycles. The van der Waals surface area contributed by atoms with Crippen LogP contribution in [0.2, 0.25) is 0 Å². The Labute approximate surface area is 511 Å². The summed E-state index contributed by atoms with van der Waals surface area (Å²) in [6, 6.07) is 0. The topological polar surface area (TPSA) is 237 Å². The molecular formula is C65H126O17P2. The first-order valence-corrected chi connectivity index (χ1v) is 37.0. The number of phosphoric acid groups is 2. The van der Waals surface area contributed by atoms with E-state index < -0.39 is 97.5 Å². The van der Waals surface area contributed by atoms with Crippen LogP contribution in [0.4, 0.5) is 0 Å². The minimum Gasteiger partial charge on any atom is -0.462 e. The summed E-state index contributed by atoms with van der Waals surface area (Å²) in [6.45, 7) is 9.37. The third kappa shape index (κ3) is 57.8. The first-order valence-electron chi connectivity index (χ1n) is 34.0. The molecule has 0 amide bonds. The first-order chi connectivity index (χ1) is 40.4. The molecule has 19 heteroatoms. The summed E-state index contributed by atoms with van der Waals surface area (Å²) in [5, 5.41) is 10.5. The van der Waals surface area contributed by atoms with Gasteiger partial charge in [-0.25, -0.2) is 9.13 Å². The molecule has 3 unspecified atom stereocenters. The molecule has 498 valence electrons. The lowest BCUT2D eigenvalue weighted by Crippen LogP contribution is -2.30. The molecule has 0 rings (SSSR count). The molecule has 84 heavy (non-hydrogen) atoms. The molecule has 0 saturated carbocycles. The average molecular weight is 1240 g/mol. The molecule has 0 radical (unpaired) electrons. The van der Waals surface area contributed by atoms with Gasteiger partial charge in [0.25, 0.3) is 0 Å². The smallest absolute Gasteiger partial charge is 0.462 e. The fraction of sp³-hybridized carbons (Fsp3) is 0.938. The van der Waals surface area contributed by atoms with Crippen molar-refractivity contribution in [2.75, 3.05) is 39.6 Å². The van der Waals surface area contributed by atoms with Crippen LogP contribution in [0, 0.1) is 11.8 Å². The summed E-state index contributed by atoms with van der Waals surface area (Å²) in [6.07, 6.45) is 40.4. The first kappa shape index (κ1) is 82.1. The van der Waals surface area contributed by atoms with Gasteiger partial charge in [0.1, 0.15) is 19.3 Å². The van der Waals surface area contributed by atoms with Crippen molar-refractivity contribution in [2.24, 2.45) is 11.8 Å². The zero-order chi connectivity index (χ0) is 62.2. The molecule has 0 spiro atoms. The van der Waals surface area contributed by atoms with E-state index >= 15 is 0 Å². The molecule has 0 aromatic rings. The van der Waals surface area contributed by atoms with E-state index in [-0.39, 0.29) is 25.7 Å². The molecular weight excluding hydrogens is 1110 g/mol. The van der Waals surface area contributed by atoms with Crippen molar-refractivity contribution in [1.82, 2.24) is 0 Å². The molecule has 0 aromatic heterocycles. The minimum absolute atomic E-state index is 0.102. The van der Waals surface area contributed by atoms with Gasteiger partial charge in [-0.2, -0.15) is 0 Å². The highest BCUT2D eigenvalue weighted by atomic mass is 31.2. The van der Waals surface area contributed by atoms with Gasteiger partial charge in [-0.3, -0.25) is 37.3 Å². The lowest BCUT2D eigenvalue weighted by Gasteiger charge is -2.21. The number of hydrogen-bond acceptors (Lipinski definition) is 15. The van der Waals surface area contributed by atoms with E-state index in [9.17, 15) is 43.2 Å². The molecule has 0 aromatic carbocycles. The second kappa shape index (κ2) is 57.5. The summed E-state index contributed by atoms with van der Waals surface area (Å²) < 4.78 is 68.0. The molecule has 0 aliphatic rings. The number of carbonyl (C=O) groups excluding carboxylic acids is 4. The summed E-state index contributed by atoms with van der Waals surface area (Å²) in [5.74, 6) is -0.735. The van der Waals surface area contributed by atoms with Crippen molar-refractivity contribution in [1.29, 1.82) is 0 Å². The zero-order valence-electron chi connectivity index (χ0n) is 54.2. The van der Waals surface area contributed by atoms with Crippen LogP contribution in [0.15, 0.2) is 0 Å². The van der Waals surface area contributed by atoms with Gasteiger partial charge in [-0.1, -0.05) is 273 Å². The van der Waals surface area contributed by atoms with Crippen LogP contribution < -0.4 is 0 Å². The summed E-state index contributed by atoms with van der Waals surface area (Å²) in [5.41, 5.74) is 0. The van der Waals surface area contributed by atoms with Gasteiger partial charge in [0, 0.05) is 25.7 Å². The summed E-state index contributed by atoms with van der Waals surface area (Å²) >= 11 is 0. The van der Waals surface area contributed by atoms with Crippen molar-refractivity contribution in [2.45, 2.75) is 342 Å². The number of rotatable bonds is 64. The molecule has 0 aliphatic heterocycles. The largest absolute Gasteiger partial charge is 0.472 e. The summed E-state index contributed by atoms with van der Waals surface area (Å²) in [7, 11) is -9.89. The van der Waals surface area contributed by atoms with Crippen LogP contribution in [0.5, 0.6) is 0 Å². The minimum atomic E-state index is -4.95. The van der Waals surface area contributed by atoms with E-state index in [0.717, 1.165) is 102 Å². The Morgan fingerprint density at radius 3 is 0.905 bits per heavy atom. The van der Waals surface area contributed by atoms with E-state index in [1.54, 1.807) is 0 Å². The van der Waals surface area contributed by atoms with Crippen LogP contribution in [0.1, 0.15) is 324 Å². The van der Waals surface area contributed by atoms with Gasteiger partial charge in [0.15, 0.2) is 12.2 Å². The Hall–Kier alpha value is -1.94. The zero-order valence-corrected chi connectivity index (χ0v) is 56.0. The molecule has 0 bridgehead atoms. The lowest BCUT2D eigenvalue weighted by molar-refractivity contribution is -0.161. The second-order valence-electron chi connectivity index (χ2n) is 24.2. The Kier molecular flexibility index (Phi) is 56.2.